The standard InChI is InChI=1S/C29H35N3O4/c1-21(2)19-31-27(33)29(32(28(31)34)15-12-22-8-10-24(35-3)11-9-22)13-16-30(17-14-29)20-25-18-23-6-4-5-7-26(23)36-25/h4-11,18,21H,12-17,19-20H2,1-3H3. The van der Waals surface area contributed by atoms with Crippen molar-refractivity contribution in [1.82, 2.24) is 14.7 Å². The number of piperidine rings is 1. The lowest BCUT2D eigenvalue weighted by atomic mass is 9.85. The number of methoxy groups -OCH3 is 1. The Kier molecular flexibility index (Phi) is 6.75. The molecule has 1 aromatic heterocycles. The fourth-order valence-electron chi connectivity index (χ4n) is 5.55. The molecule has 0 radical (unpaired) electrons. The molecule has 7 heteroatoms. The molecule has 7 nitrogen and oxygen atoms in total. The highest BCUT2D eigenvalue weighted by atomic mass is 16.5. The van der Waals surface area contributed by atoms with Crippen molar-refractivity contribution in [2.45, 2.75) is 45.2 Å². The van der Waals surface area contributed by atoms with Crippen molar-refractivity contribution in [3.05, 3.63) is 65.9 Å². The van der Waals surface area contributed by atoms with E-state index in [9.17, 15) is 9.59 Å². The van der Waals surface area contributed by atoms with Gasteiger partial charge in [-0.2, -0.15) is 0 Å². The number of carbonyl (C=O) groups is 2. The number of benzene rings is 2. The van der Waals surface area contributed by atoms with E-state index >= 15 is 0 Å². The molecule has 0 saturated carbocycles. The Bertz CT molecular complexity index is 1190. The predicted octanol–water partition coefficient (Wildman–Crippen LogP) is 4.94. The number of hydrogen-bond donors (Lipinski definition) is 0. The number of urea groups is 1. The maximum Gasteiger partial charge on any atom is 0.327 e. The minimum Gasteiger partial charge on any atom is -0.497 e. The van der Waals surface area contributed by atoms with Crippen LogP contribution in [0.4, 0.5) is 4.79 Å². The highest BCUT2D eigenvalue weighted by Crippen LogP contribution is 2.38. The Morgan fingerprint density at radius 3 is 2.42 bits per heavy atom. The summed E-state index contributed by atoms with van der Waals surface area (Å²) in [6, 6.07) is 17.9. The van der Waals surface area contributed by atoms with Crippen LogP contribution in [0.3, 0.4) is 0 Å². The molecule has 3 amide bonds. The summed E-state index contributed by atoms with van der Waals surface area (Å²) in [6.07, 6.45) is 1.97. The summed E-state index contributed by atoms with van der Waals surface area (Å²) < 4.78 is 11.3. The fourth-order valence-corrected chi connectivity index (χ4v) is 5.55. The Morgan fingerprint density at radius 1 is 1.03 bits per heavy atom. The lowest BCUT2D eigenvalue weighted by Gasteiger charge is -2.42. The summed E-state index contributed by atoms with van der Waals surface area (Å²) in [4.78, 5) is 32.9. The Labute approximate surface area is 212 Å². The van der Waals surface area contributed by atoms with Gasteiger partial charge in [-0.3, -0.25) is 14.6 Å². The van der Waals surface area contributed by atoms with Crippen molar-refractivity contribution in [2.24, 2.45) is 5.92 Å². The summed E-state index contributed by atoms with van der Waals surface area (Å²) in [5.41, 5.74) is 1.26. The molecule has 2 fully saturated rings. The number of fused-ring (bicyclic) bond motifs is 1. The van der Waals surface area contributed by atoms with Gasteiger partial charge >= 0.3 is 6.03 Å². The van der Waals surface area contributed by atoms with E-state index in [0.717, 1.165) is 41.1 Å². The van der Waals surface area contributed by atoms with E-state index in [1.165, 1.54) is 4.90 Å². The van der Waals surface area contributed by atoms with Crippen molar-refractivity contribution in [2.75, 3.05) is 33.3 Å². The molecule has 0 atom stereocenters. The number of nitrogens with zero attached hydrogens (tertiary/aromatic N) is 3. The molecular weight excluding hydrogens is 454 g/mol. The number of ether oxygens (including phenoxy) is 1. The van der Waals surface area contributed by atoms with Crippen molar-refractivity contribution in [3.8, 4) is 5.75 Å². The number of amides is 3. The van der Waals surface area contributed by atoms with Crippen molar-refractivity contribution < 1.29 is 18.7 Å². The predicted molar refractivity (Wildman–Crippen MR) is 139 cm³/mol. The first-order valence-corrected chi connectivity index (χ1v) is 12.9. The van der Waals surface area contributed by atoms with Crippen LogP contribution in [-0.4, -0.2) is 65.5 Å². The number of para-hydroxylation sites is 1. The molecule has 5 rings (SSSR count). The zero-order valence-corrected chi connectivity index (χ0v) is 21.4. The normalized spacial score (nSPS) is 18.2. The molecule has 1 spiro atoms. The van der Waals surface area contributed by atoms with Gasteiger partial charge in [0.1, 0.15) is 22.6 Å². The largest absolute Gasteiger partial charge is 0.497 e. The maximum atomic E-state index is 13.7. The van der Waals surface area contributed by atoms with Crippen LogP contribution in [0.25, 0.3) is 11.0 Å². The molecule has 190 valence electrons. The number of likely N-dealkylation sites (tertiary alicyclic amines) is 1. The minimum absolute atomic E-state index is 0.0284. The number of carbonyl (C=O) groups excluding carboxylic acids is 2. The van der Waals surface area contributed by atoms with E-state index < -0.39 is 5.54 Å². The SMILES string of the molecule is COc1ccc(CCN2C(=O)N(CC(C)C)C(=O)C23CCN(Cc2cc4ccccc4o2)CC3)cc1. The van der Waals surface area contributed by atoms with E-state index in [4.69, 9.17) is 9.15 Å². The van der Waals surface area contributed by atoms with Gasteiger partial charge in [0.05, 0.1) is 13.7 Å². The van der Waals surface area contributed by atoms with E-state index in [1.807, 2.05) is 61.2 Å². The third kappa shape index (κ3) is 4.60. The van der Waals surface area contributed by atoms with Gasteiger partial charge in [-0.15, -0.1) is 0 Å². The van der Waals surface area contributed by atoms with Gasteiger partial charge in [0.25, 0.3) is 5.91 Å². The smallest absolute Gasteiger partial charge is 0.327 e. The number of furan rings is 1. The Morgan fingerprint density at radius 2 is 1.75 bits per heavy atom. The lowest BCUT2D eigenvalue weighted by molar-refractivity contribution is -0.136. The molecular formula is C29H35N3O4. The van der Waals surface area contributed by atoms with Crippen LogP contribution in [0.5, 0.6) is 5.75 Å². The summed E-state index contributed by atoms with van der Waals surface area (Å²) >= 11 is 0. The van der Waals surface area contributed by atoms with Gasteiger partial charge in [-0.25, -0.2) is 4.79 Å². The van der Waals surface area contributed by atoms with E-state index in [-0.39, 0.29) is 17.9 Å². The second-order valence-corrected chi connectivity index (χ2v) is 10.4. The van der Waals surface area contributed by atoms with Gasteiger partial charge in [-0.05, 0) is 55.0 Å². The fraction of sp³-hybridized carbons (Fsp3) is 0.448. The highest BCUT2D eigenvalue weighted by Gasteiger charge is 2.57. The zero-order chi connectivity index (χ0) is 25.3. The van der Waals surface area contributed by atoms with Crippen molar-refractivity contribution in [3.63, 3.8) is 0 Å². The summed E-state index contributed by atoms with van der Waals surface area (Å²) in [5.74, 6) is 1.94. The molecule has 2 aliphatic heterocycles. The molecule has 36 heavy (non-hydrogen) atoms. The van der Waals surface area contributed by atoms with Crippen molar-refractivity contribution in [1.29, 1.82) is 0 Å². The molecule has 0 unspecified atom stereocenters. The average molecular weight is 490 g/mol. The van der Waals surface area contributed by atoms with Gasteiger partial charge in [0.15, 0.2) is 0 Å². The Hall–Kier alpha value is -3.32. The monoisotopic (exact) mass is 489 g/mol. The number of rotatable bonds is 8. The van der Waals surface area contributed by atoms with Gasteiger partial charge in [0, 0.05) is 31.6 Å². The van der Waals surface area contributed by atoms with E-state index in [2.05, 4.69) is 17.0 Å². The van der Waals surface area contributed by atoms with Crippen LogP contribution in [0.15, 0.2) is 59.0 Å². The average Bonchev–Trinajstić information content (AvgIpc) is 3.37. The lowest BCUT2D eigenvalue weighted by Crippen LogP contribution is -2.56. The van der Waals surface area contributed by atoms with Crippen LogP contribution in [-0.2, 0) is 17.8 Å². The molecule has 2 aromatic carbocycles. The Balaban J connectivity index is 1.31. The molecule has 0 aliphatic carbocycles. The first kappa shape index (κ1) is 24.4. The van der Waals surface area contributed by atoms with Crippen LogP contribution in [0.1, 0.15) is 38.0 Å². The van der Waals surface area contributed by atoms with Crippen LogP contribution in [0, 0.1) is 5.92 Å². The van der Waals surface area contributed by atoms with E-state index in [0.29, 0.717) is 38.9 Å². The van der Waals surface area contributed by atoms with Crippen LogP contribution < -0.4 is 4.74 Å². The van der Waals surface area contributed by atoms with Gasteiger partial charge in [-0.1, -0.05) is 44.2 Å². The molecule has 2 aliphatic rings. The molecule has 0 N–H and O–H groups in total. The summed E-state index contributed by atoms with van der Waals surface area (Å²) in [6.45, 7) is 7.26. The molecule has 3 heterocycles. The maximum absolute atomic E-state index is 13.7. The van der Waals surface area contributed by atoms with Gasteiger partial charge in [0.2, 0.25) is 0 Å². The first-order valence-electron chi connectivity index (χ1n) is 12.9. The molecule has 0 bridgehead atoms. The second kappa shape index (κ2) is 9.97. The molecule has 2 saturated heterocycles. The minimum atomic E-state index is -0.761. The van der Waals surface area contributed by atoms with Crippen LogP contribution in [0.2, 0.25) is 0 Å². The third-order valence-electron chi connectivity index (χ3n) is 7.49. The van der Waals surface area contributed by atoms with Gasteiger partial charge < -0.3 is 14.1 Å². The number of imide groups is 1. The number of hydrogen-bond acceptors (Lipinski definition) is 5. The topological polar surface area (TPSA) is 66.2 Å². The van der Waals surface area contributed by atoms with E-state index in [1.54, 1.807) is 7.11 Å². The molecule has 3 aromatic rings. The van der Waals surface area contributed by atoms with Crippen molar-refractivity contribution >= 4 is 22.9 Å². The van der Waals surface area contributed by atoms with Crippen LogP contribution >= 0.6 is 0 Å². The summed E-state index contributed by atoms with van der Waals surface area (Å²) in [7, 11) is 1.65. The summed E-state index contributed by atoms with van der Waals surface area (Å²) in [5, 5.41) is 1.10. The highest BCUT2D eigenvalue weighted by molar-refractivity contribution is 6.07. The quantitative estimate of drug-likeness (QED) is 0.420. The second-order valence-electron chi connectivity index (χ2n) is 10.4. The third-order valence-corrected chi connectivity index (χ3v) is 7.49. The zero-order valence-electron chi connectivity index (χ0n) is 21.4. The first-order chi connectivity index (χ1) is 17.4.